The van der Waals surface area contributed by atoms with Crippen LogP contribution < -0.4 is 15.4 Å². The number of aromatic nitrogens is 2. The molecule has 4 rings (SSSR count). The second-order valence-corrected chi connectivity index (χ2v) is 5.43. The number of imidazole rings is 1. The average Bonchev–Trinajstić information content (AvgIpc) is 3.02. The number of benzene rings is 2. The van der Waals surface area contributed by atoms with E-state index in [-0.39, 0.29) is 18.4 Å². The average molecular weight is 322 g/mol. The van der Waals surface area contributed by atoms with Crippen LogP contribution in [0.4, 0.5) is 5.69 Å². The molecule has 7 nitrogen and oxygen atoms in total. The molecule has 3 aromatic rings. The van der Waals surface area contributed by atoms with Gasteiger partial charge in [0.05, 0.1) is 23.3 Å². The zero-order chi connectivity index (χ0) is 16.5. The maximum absolute atomic E-state index is 12.3. The van der Waals surface area contributed by atoms with Gasteiger partial charge in [0.15, 0.2) is 6.61 Å². The Morgan fingerprint density at radius 2 is 2.12 bits per heavy atom. The van der Waals surface area contributed by atoms with Crippen LogP contribution >= 0.6 is 0 Å². The number of anilines is 1. The molecule has 0 saturated heterocycles. The van der Waals surface area contributed by atoms with E-state index in [0.717, 1.165) is 11.0 Å². The lowest BCUT2D eigenvalue weighted by atomic mass is 10.1. The molecule has 0 aliphatic carbocycles. The maximum Gasteiger partial charge on any atom is 0.262 e. The van der Waals surface area contributed by atoms with Crippen molar-refractivity contribution in [1.29, 1.82) is 0 Å². The van der Waals surface area contributed by atoms with E-state index in [1.807, 2.05) is 24.3 Å². The molecule has 3 N–H and O–H groups in total. The van der Waals surface area contributed by atoms with Gasteiger partial charge in [-0.25, -0.2) is 4.98 Å². The largest absolute Gasteiger partial charge is 0.482 e. The fourth-order valence-corrected chi connectivity index (χ4v) is 2.57. The van der Waals surface area contributed by atoms with Gasteiger partial charge in [-0.05, 0) is 30.3 Å². The predicted octanol–water partition coefficient (Wildman–Crippen LogP) is 1.82. The monoisotopic (exact) mass is 322 g/mol. The summed E-state index contributed by atoms with van der Waals surface area (Å²) in [5.74, 6) is 0.736. The van der Waals surface area contributed by atoms with Crippen LogP contribution in [0.5, 0.6) is 5.75 Å². The van der Waals surface area contributed by atoms with Crippen molar-refractivity contribution >= 4 is 28.5 Å². The van der Waals surface area contributed by atoms with Gasteiger partial charge in [0.1, 0.15) is 11.6 Å². The minimum absolute atomic E-state index is 0.0446. The highest BCUT2D eigenvalue weighted by Gasteiger charge is 2.17. The number of fused-ring (bicyclic) bond motifs is 2. The molecule has 1 aromatic heterocycles. The maximum atomic E-state index is 12.3. The Balaban J connectivity index is 1.47. The minimum atomic E-state index is -0.237. The highest BCUT2D eigenvalue weighted by Crippen LogP contribution is 2.28. The van der Waals surface area contributed by atoms with Crippen LogP contribution in [0.1, 0.15) is 16.2 Å². The number of para-hydroxylation sites is 2. The minimum Gasteiger partial charge on any atom is -0.482 e. The van der Waals surface area contributed by atoms with E-state index < -0.39 is 0 Å². The van der Waals surface area contributed by atoms with Crippen LogP contribution in [0.25, 0.3) is 11.0 Å². The Morgan fingerprint density at radius 1 is 1.25 bits per heavy atom. The van der Waals surface area contributed by atoms with Gasteiger partial charge < -0.3 is 20.4 Å². The smallest absolute Gasteiger partial charge is 0.262 e. The van der Waals surface area contributed by atoms with Crippen LogP contribution in [0.3, 0.4) is 0 Å². The van der Waals surface area contributed by atoms with E-state index in [1.54, 1.807) is 18.2 Å². The number of nitrogens with one attached hydrogen (secondary N) is 3. The summed E-state index contributed by atoms with van der Waals surface area (Å²) in [7, 11) is 0. The molecule has 0 saturated carbocycles. The Hall–Kier alpha value is -3.35. The summed E-state index contributed by atoms with van der Waals surface area (Å²) in [6, 6.07) is 12.6. The first-order valence-corrected chi connectivity index (χ1v) is 7.47. The van der Waals surface area contributed by atoms with E-state index in [4.69, 9.17) is 4.74 Å². The van der Waals surface area contributed by atoms with Crippen LogP contribution in [0, 0.1) is 0 Å². The van der Waals surface area contributed by atoms with E-state index in [2.05, 4.69) is 20.6 Å². The molecule has 0 fully saturated rings. The number of hydrogen-bond donors (Lipinski definition) is 3. The van der Waals surface area contributed by atoms with E-state index in [1.165, 1.54) is 0 Å². The topological polar surface area (TPSA) is 96.1 Å². The first kappa shape index (κ1) is 14.3. The summed E-state index contributed by atoms with van der Waals surface area (Å²) in [5.41, 5.74) is 2.82. The van der Waals surface area contributed by atoms with Crippen molar-refractivity contribution in [2.24, 2.45) is 0 Å². The van der Waals surface area contributed by atoms with Crippen molar-refractivity contribution < 1.29 is 14.3 Å². The Kier molecular flexibility index (Phi) is 3.38. The molecule has 2 aromatic carbocycles. The zero-order valence-electron chi connectivity index (χ0n) is 12.6. The zero-order valence-corrected chi connectivity index (χ0v) is 12.6. The summed E-state index contributed by atoms with van der Waals surface area (Å²) < 4.78 is 5.32. The lowest BCUT2D eigenvalue weighted by molar-refractivity contribution is -0.118. The van der Waals surface area contributed by atoms with Crippen molar-refractivity contribution in [2.75, 3.05) is 11.9 Å². The van der Waals surface area contributed by atoms with Gasteiger partial charge in [-0.15, -0.1) is 0 Å². The summed E-state index contributed by atoms with van der Waals surface area (Å²) in [6.07, 6.45) is 0. The van der Waals surface area contributed by atoms with Gasteiger partial charge in [0.25, 0.3) is 11.8 Å². The van der Waals surface area contributed by atoms with E-state index in [0.29, 0.717) is 29.4 Å². The first-order valence-electron chi connectivity index (χ1n) is 7.47. The number of aromatic amines is 1. The molecule has 0 atom stereocenters. The lowest BCUT2D eigenvalue weighted by Gasteiger charge is -2.18. The SMILES string of the molecule is O=C1COc2cc(C(=O)NCc3nc4ccccc4[nH]3)ccc2N1. The molecule has 120 valence electrons. The number of carbonyl (C=O) groups is 2. The molecule has 24 heavy (non-hydrogen) atoms. The van der Waals surface area contributed by atoms with Crippen LogP contribution in [-0.4, -0.2) is 28.4 Å². The highest BCUT2D eigenvalue weighted by molar-refractivity contribution is 5.99. The summed E-state index contributed by atoms with van der Waals surface area (Å²) >= 11 is 0. The Bertz CT molecular complexity index is 915. The third-order valence-corrected chi connectivity index (χ3v) is 3.73. The molecule has 2 heterocycles. The van der Waals surface area contributed by atoms with Gasteiger partial charge in [0.2, 0.25) is 0 Å². The summed E-state index contributed by atoms with van der Waals surface area (Å²) in [4.78, 5) is 31.1. The molecule has 7 heteroatoms. The molecule has 2 amide bonds. The van der Waals surface area contributed by atoms with Crippen LogP contribution in [0.15, 0.2) is 42.5 Å². The number of H-pyrrole nitrogens is 1. The van der Waals surface area contributed by atoms with Gasteiger partial charge in [0, 0.05) is 5.56 Å². The van der Waals surface area contributed by atoms with Gasteiger partial charge in [-0.3, -0.25) is 9.59 Å². The number of carbonyl (C=O) groups excluding carboxylic acids is 2. The molecule has 1 aliphatic rings. The quantitative estimate of drug-likeness (QED) is 0.685. The Labute approximate surface area is 137 Å². The second kappa shape index (κ2) is 5.69. The normalized spacial score (nSPS) is 13.1. The van der Waals surface area contributed by atoms with Crippen molar-refractivity contribution in [2.45, 2.75) is 6.54 Å². The fourth-order valence-electron chi connectivity index (χ4n) is 2.57. The number of amides is 2. The molecule has 0 radical (unpaired) electrons. The number of hydrogen-bond acceptors (Lipinski definition) is 4. The first-order chi connectivity index (χ1) is 11.7. The van der Waals surface area contributed by atoms with Crippen molar-refractivity contribution in [3.8, 4) is 5.75 Å². The van der Waals surface area contributed by atoms with E-state index in [9.17, 15) is 9.59 Å². The molecular formula is C17H14N4O3. The predicted molar refractivity (Wildman–Crippen MR) is 87.8 cm³/mol. The fraction of sp³-hybridized carbons (Fsp3) is 0.118. The highest BCUT2D eigenvalue weighted by atomic mass is 16.5. The summed E-state index contributed by atoms with van der Waals surface area (Å²) in [6.45, 7) is 0.249. The molecular weight excluding hydrogens is 308 g/mol. The molecule has 0 spiro atoms. The number of rotatable bonds is 3. The van der Waals surface area contributed by atoms with Gasteiger partial charge in [-0.2, -0.15) is 0 Å². The van der Waals surface area contributed by atoms with Gasteiger partial charge >= 0.3 is 0 Å². The molecule has 0 unspecified atom stereocenters. The standard InChI is InChI=1S/C17H14N4O3/c22-16-9-24-14-7-10(5-6-13(14)21-16)17(23)18-8-15-19-11-3-1-2-4-12(11)20-15/h1-7H,8-9H2,(H,18,23)(H,19,20)(H,21,22). The van der Waals surface area contributed by atoms with Crippen molar-refractivity contribution in [3.63, 3.8) is 0 Å². The Morgan fingerprint density at radius 3 is 3.00 bits per heavy atom. The summed E-state index contributed by atoms with van der Waals surface area (Å²) in [5, 5.41) is 5.50. The van der Waals surface area contributed by atoms with Crippen molar-refractivity contribution in [1.82, 2.24) is 15.3 Å². The second-order valence-electron chi connectivity index (χ2n) is 5.43. The molecule has 1 aliphatic heterocycles. The third kappa shape index (κ3) is 2.67. The van der Waals surface area contributed by atoms with Crippen molar-refractivity contribution in [3.05, 3.63) is 53.9 Å². The van der Waals surface area contributed by atoms with Gasteiger partial charge in [-0.1, -0.05) is 12.1 Å². The number of ether oxygens (including phenoxy) is 1. The third-order valence-electron chi connectivity index (χ3n) is 3.73. The van der Waals surface area contributed by atoms with Crippen LogP contribution in [-0.2, 0) is 11.3 Å². The van der Waals surface area contributed by atoms with E-state index >= 15 is 0 Å². The molecule has 0 bridgehead atoms. The lowest BCUT2D eigenvalue weighted by Crippen LogP contribution is -2.27. The van der Waals surface area contributed by atoms with Crippen LogP contribution in [0.2, 0.25) is 0 Å². The number of nitrogens with zero attached hydrogens (tertiary/aromatic N) is 1.